The molecule has 0 unspecified atom stereocenters. The quantitative estimate of drug-likeness (QED) is 0.591. The second-order valence-electron chi connectivity index (χ2n) is 4.68. The molecule has 0 spiro atoms. The number of esters is 1. The van der Waals surface area contributed by atoms with E-state index in [1.165, 1.54) is 17.8 Å². The molecule has 118 valence electrons. The minimum Gasteiger partial charge on any atom is -0.465 e. The molecule has 2 aromatic rings. The van der Waals surface area contributed by atoms with Gasteiger partial charge in [-0.1, -0.05) is 18.5 Å². The van der Waals surface area contributed by atoms with Gasteiger partial charge in [0, 0.05) is 22.2 Å². The molecule has 4 nitrogen and oxygen atoms in total. The Morgan fingerprint density at radius 2 is 2.05 bits per heavy atom. The Balaban J connectivity index is 2.27. The summed E-state index contributed by atoms with van der Waals surface area (Å²) in [5.74, 6) is 0.505. The van der Waals surface area contributed by atoms with E-state index in [1.54, 1.807) is 13.0 Å². The third-order valence-corrected chi connectivity index (χ3v) is 4.47. The number of hydrogen-bond donors (Lipinski definition) is 0. The third-order valence-electron chi connectivity index (χ3n) is 3.16. The van der Waals surface area contributed by atoms with Crippen LogP contribution < -0.4 is 5.63 Å². The van der Waals surface area contributed by atoms with E-state index in [2.05, 4.69) is 0 Å². The van der Waals surface area contributed by atoms with Gasteiger partial charge in [0.2, 0.25) is 0 Å². The van der Waals surface area contributed by atoms with Gasteiger partial charge in [-0.25, -0.2) is 4.79 Å². The van der Waals surface area contributed by atoms with Crippen LogP contribution >= 0.6 is 23.4 Å². The number of fused-ring (bicyclic) bond motifs is 1. The Morgan fingerprint density at radius 1 is 1.27 bits per heavy atom. The molecule has 2 rings (SSSR count). The fraction of sp³-hybridized carbons (Fsp3) is 0.375. The second-order valence-corrected chi connectivity index (χ2v) is 6.07. The summed E-state index contributed by atoms with van der Waals surface area (Å²) < 4.78 is 10.1. The Hall–Kier alpha value is -1.46. The van der Waals surface area contributed by atoms with Crippen LogP contribution in [0.3, 0.4) is 0 Å². The van der Waals surface area contributed by atoms with Crippen molar-refractivity contribution in [1.82, 2.24) is 0 Å². The lowest BCUT2D eigenvalue weighted by atomic mass is 10.1. The van der Waals surface area contributed by atoms with Gasteiger partial charge in [0.05, 0.1) is 12.4 Å². The lowest BCUT2D eigenvalue weighted by Crippen LogP contribution is -2.07. The molecule has 0 saturated heterocycles. The van der Waals surface area contributed by atoms with Crippen LogP contribution in [0.2, 0.25) is 5.02 Å². The van der Waals surface area contributed by atoms with Crippen LogP contribution in [0.5, 0.6) is 0 Å². The Morgan fingerprint density at radius 3 is 2.73 bits per heavy atom. The molecule has 0 amide bonds. The summed E-state index contributed by atoms with van der Waals surface area (Å²) in [6, 6.07) is 5.07. The van der Waals surface area contributed by atoms with E-state index in [0.717, 1.165) is 22.9 Å². The summed E-state index contributed by atoms with van der Waals surface area (Å²) in [5.41, 5.74) is 1.88. The lowest BCUT2D eigenvalue weighted by molar-refractivity contribution is -0.139. The fourth-order valence-electron chi connectivity index (χ4n) is 2.13. The number of carbonyl (C=O) groups is 1. The molecule has 0 fully saturated rings. The first-order chi connectivity index (χ1) is 10.5. The summed E-state index contributed by atoms with van der Waals surface area (Å²) in [6.07, 6.45) is 0.764. The number of aryl methyl sites for hydroxylation is 1. The fourth-order valence-corrected chi connectivity index (χ4v) is 3.23. The summed E-state index contributed by atoms with van der Waals surface area (Å²) in [7, 11) is 0. The highest BCUT2D eigenvalue weighted by atomic mass is 35.5. The average molecular weight is 341 g/mol. The minimum absolute atomic E-state index is 0.246. The zero-order chi connectivity index (χ0) is 16.1. The number of carbonyl (C=O) groups excluding carboxylic acids is 1. The molecule has 1 aromatic carbocycles. The minimum atomic E-state index is -0.399. The Bertz CT molecular complexity index is 739. The highest BCUT2D eigenvalue weighted by Crippen LogP contribution is 2.28. The summed E-state index contributed by atoms with van der Waals surface area (Å²) >= 11 is 7.64. The van der Waals surface area contributed by atoms with Crippen LogP contribution in [0.1, 0.15) is 25.0 Å². The number of ether oxygens (including phenoxy) is 1. The summed E-state index contributed by atoms with van der Waals surface area (Å²) in [4.78, 5) is 23.0. The van der Waals surface area contributed by atoms with Crippen molar-refractivity contribution in [3.05, 3.63) is 44.8 Å². The zero-order valence-corrected chi connectivity index (χ0v) is 14.1. The maximum atomic E-state index is 11.7. The molecule has 0 aliphatic carbocycles. The molecular formula is C16H17ClO4S. The normalized spacial score (nSPS) is 10.9. The molecule has 0 aliphatic rings. The summed E-state index contributed by atoms with van der Waals surface area (Å²) in [6.45, 7) is 4.13. The highest BCUT2D eigenvalue weighted by molar-refractivity contribution is 7.99. The monoisotopic (exact) mass is 340 g/mol. The maximum absolute atomic E-state index is 11.7. The highest BCUT2D eigenvalue weighted by Gasteiger charge is 2.10. The molecule has 6 heteroatoms. The molecule has 0 aliphatic heterocycles. The van der Waals surface area contributed by atoms with Crippen LogP contribution in [-0.2, 0) is 21.7 Å². The van der Waals surface area contributed by atoms with E-state index in [9.17, 15) is 9.59 Å². The van der Waals surface area contributed by atoms with Gasteiger partial charge in [0.1, 0.15) is 5.58 Å². The van der Waals surface area contributed by atoms with E-state index >= 15 is 0 Å². The van der Waals surface area contributed by atoms with Crippen LogP contribution in [0.4, 0.5) is 0 Å². The smallest absolute Gasteiger partial charge is 0.336 e. The topological polar surface area (TPSA) is 56.5 Å². The van der Waals surface area contributed by atoms with Crippen molar-refractivity contribution < 1.29 is 13.9 Å². The first kappa shape index (κ1) is 16.9. The predicted octanol–water partition coefficient (Wildman–Crippen LogP) is 3.81. The van der Waals surface area contributed by atoms with Crippen molar-refractivity contribution >= 4 is 40.3 Å². The zero-order valence-electron chi connectivity index (χ0n) is 12.5. The standard InChI is InChI=1S/C16H17ClO4S/c1-3-10-5-14-12(7-13(10)17)11(6-15(18)21-14)8-22-9-16(19)20-4-2/h5-7H,3-4,8-9H2,1-2H3. The maximum Gasteiger partial charge on any atom is 0.336 e. The summed E-state index contributed by atoms with van der Waals surface area (Å²) in [5, 5.41) is 1.46. The van der Waals surface area contributed by atoms with Crippen molar-refractivity contribution in [1.29, 1.82) is 0 Å². The molecule has 0 saturated carbocycles. The Labute approximate surface area is 137 Å². The number of thioether (sulfide) groups is 1. The number of halogens is 1. The van der Waals surface area contributed by atoms with Gasteiger partial charge in [0.25, 0.3) is 0 Å². The molecule has 1 heterocycles. The molecule has 0 N–H and O–H groups in total. The first-order valence-electron chi connectivity index (χ1n) is 7.03. The predicted molar refractivity (Wildman–Crippen MR) is 89.7 cm³/mol. The molecule has 0 atom stereocenters. The Kier molecular flexibility index (Phi) is 5.91. The van der Waals surface area contributed by atoms with Crippen molar-refractivity contribution in [2.24, 2.45) is 0 Å². The molecule has 1 aromatic heterocycles. The molecule has 0 bridgehead atoms. The van der Waals surface area contributed by atoms with Crippen molar-refractivity contribution in [3.63, 3.8) is 0 Å². The van der Waals surface area contributed by atoms with Crippen LogP contribution in [0.25, 0.3) is 11.0 Å². The SMILES string of the molecule is CCOC(=O)CSCc1cc(=O)oc2cc(CC)c(Cl)cc12. The molecule has 0 radical (unpaired) electrons. The van der Waals surface area contributed by atoms with E-state index < -0.39 is 5.63 Å². The van der Waals surface area contributed by atoms with Gasteiger partial charge >= 0.3 is 11.6 Å². The van der Waals surface area contributed by atoms with Gasteiger partial charge in [-0.05, 0) is 36.6 Å². The first-order valence-corrected chi connectivity index (χ1v) is 8.57. The van der Waals surface area contributed by atoms with Crippen molar-refractivity contribution in [2.45, 2.75) is 26.0 Å². The van der Waals surface area contributed by atoms with Gasteiger partial charge in [-0.2, -0.15) is 0 Å². The number of hydrogen-bond acceptors (Lipinski definition) is 5. The van der Waals surface area contributed by atoms with Gasteiger partial charge in [-0.3, -0.25) is 4.79 Å². The van der Waals surface area contributed by atoms with E-state index in [-0.39, 0.29) is 11.7 Å². The number of benzene rings is 1. The van der Waals surface area contributed by atoms with E-state index in [1.807, 2.05) is 13.0 Å². The third kappa shape index (κ3) is 4.05. The largest absolute Gasteiger partial charge is 0.465 e. The van der Waals surface area contributed by atoms with Crippen LogP contribution in [0, 0.1) is 0 Å². The van der Waals surface area contributed by atoms with E-state index in [0.29, 0.717) is 23.0 Å². The van der Waals surface area contributed by atoms with Crippen molar-refractivity contribution in [3.8, 4) is 0 Å². The lowest BCUT2D eigenvalue weighted by Gasteiger charge is -2.08. The van der Waals surface area contributed by atoms with Crippen LogP contribution in [0.15, 0.2) is 27.4 Å². The number of rotatable bonds is 6. The average Bonchev–Trinajstić information content (AvgIpc) is 2.47. The van der Waals surface area contributed by atoms with Gasteiger partial charge < -0.3 is 9.15 Å². The molecule has 22 heavy (non-hydrogen) atoms. The van der Waals surface area contributed by atoms with Gasteiger partial charge in [-0.15, -0.1) is 11.8 Å². The van der Waals surface area contributed by atoms with Crippen molar-refractivity contribution in [2.75, 3.05) is 12.4 Å². The van der Waals surface area contributed by atoms with E-state index in [4.69, 9.17) is 20.8 Å². The van der Waals surface area contributed by atoms with Gasteiger partial charge in [0.15, 0.2) is 0 Å². The molecular weight excluding hydrogens is 324 g/mol. The second kappa shape index (κ2) is 7.70. The van der Waals surface area contributed by atoms with Crippen LogP contribution in [-0.4, -0.2) is 18.3 Å².